The lowest BCUT2D eigenvalue weighted by Gasteiger charge is -2.19. The van der Waals surface area contributed by atoms with E-state index in [0.717, 1.165) is 30.2 Å². The summed E-state index contributed by atoms with van der Waals surface area (Å²) in [5.41, 5.74) is 1.06. The Morgan fingerprint density at radius 3 is 3.00 bits per heavy atom. The number of rotatable bonds is 6. The highest BCUT2D eigenvalue weighted by molar-refractivity contribution is 7.15. The fraction of sp³-hybridized carbons (Fsp3) is 0.643. The largest absolute Gasteiger partial charge is 0.360 e. The van der Waals surface area contributed by atoms with Crippen LogP contribution in [0.15, 0.2) is 0 Å². The number of carbonyl (C=O) groups excluding carboxylic acids is 1. The molecular formula is C14H21N5OS. The smallest absolute Gasteiger partial charge is 0.237 e. The number of thiazole rings is 1. The molecule has 1 saturated heterocycles. The molecule has 0 radical (unpaired) electrons. The molecule has 1 aromatic heterocycles. The molecule has 0 saturated carbocycles. The lowest BCUT2D eigenvalue weighted by atomic mass is 10.2. The van der Waals surface area contributed by atoms with Gasteiger partial charge in [0.25, 0.3) is 0 Å². The van der Waals surface area contributed by atoms with Crippen LogP contribution in [-0.4, -0.2) is 48.0 Å². The molecule has 0 spiro atoms. The van der Waals surface area contributed by atoms with Crippen molar-refractivity contribution in [3.05, 3.63) is 10.6 Å². The van der Waals surface area contributed by atoms with Gasteiger partial charge in [0, 0.05) is 24.5 Å². The number of aromatic nitrogens is 1. The Kier molecular flexibility index (Phi) is 5.53. The van der Waals surface area contributed by atoms with E-state index in [1.807, 2.05) is 6.92 Å². The first-order chi connectivity index (χ1) is 10.1. The maximum Gasteiger partial charge on any atom is 0.237 e. The van der Waals surface area contributed by atoms with Crippen molar-refractivity contribution >= 4 is 22.4 Å². The van der Waals surface area contributed by atoms with Gasteiger partial charge in [0.2, 0.25) is 5.91 Å². The standard InChI is InChI=1S/C14H21N5OS/c1-10-11(2)21-14(18-10)17-6-5-16-9-13(20)19-7-3-4-12(19)8-15/h12,16H,3-7,9H2,1-2H3,(H,17,18). The molecule has 1 unspecified atom stereocenters. The summed E-state index contributed by atoms with van der Waals surface area (Å²) >= 11 is 1.64. The van der Waals surface area contributed by atoms with Crippen molar-refractivity contribution in [2.45, 2.75) is 32.7 Å². The summed E-state index contributed by atoms with van der Waals surface area (Å²) in [5, 5.41) is 16.2. The van der Waals surface area contributed by atoms with Crippen molar-refractivity contribution in [3.63, 3.8) is 0 Å². The SMILES string of the molecule is Cc1nc(NCCNCC(=O)N2CCCC2C#N)sc1C. The van der Waals surface area contributed by atoms with Crippen LogP contribution < -0.4 is 10.6 Å². The molecule has 1 aliphatic heterocycles. The van der Waals surface area contributed by atoms with Crippen molar-refractivity contribution in [2.24, 2.45) is 0 Å². The minimum atomic E-state index is -0.237. The average molecular weight is 307 g/mol. The van der Waals surface area contributed by atoms with Crippen LogP contribution in [0.25, 0.3) is 0 Å². The van der Waals surface area contributed by atoms with E-state index in [0.29, 0.717) is 13.1 Å². The Morgan fingerprint density at radius 2 is 2.33 bits per heavy atom. The molecular weight excluding hydrogens is 286 g/mol. The Balaban J connectivity index is 1.63. The highest BCUT2D eigenvalue weighted by Crippen LogP contribution is 2.20. The third-order valence-electron chi connectivity index (χ3n) is 3.60. The van der Waals surface area contributed by atoms with Gasteiger partial charge in [-0.05, 0) is 26.7 Å². The molecule has 6 nitrogen and oxygen atoms in total. The third kappa shape index (κ3) is 4.16. The number of anilines is 1. The molecule has 1 atom stereocenters. The van der Waals surface area contributed by atoms with E-state index in [1.54, 1.807) is 16.2 Å². The zero-order valence-corrected chi connectivity index (χ0v) is 13.3. The van der Waals surface area contributed by atoms with Crippen LogP contribution in [0.3, 0.4) is 0 Å². The second kappa shape index (κ2) is 7.38. The van der Waals surface area contributed by atoms with E-state index in [1.165, 1.54) is 4.88 Å². The van der Waals surface area contributed by atoms with Crippen molar-refractivity contribution in [1.82, 2.24) is 15.2 Å². The van der Waals surface area contributed by atoms with Crippen LogP contribution >= 0.6 is 11.3 Å². The zero-order valence-electron chi connectivity index (χ0n) is 12.5. The molecule has 7 heteroatoms. The van der Waals surface area contributed by atoms with Gasteiger partial charge < -0.3 is 15.5 Å². The lowest BCUT2D eigenvalue weighted by molar-refractivity contribution is -0.130. The number of aryl methyl sites for hydroxylation is 2. The highest BCUT2D eigenvalue weighted by atomic mass is 32.1. The number of nitrogens with zero attached hydrogens (tertiary/aromatic N) is 3. The fourth-order valence-electron chi connectivity index (χ4n) is 2.30. The van der Waals surface area contributed by atoms with Gasteiger partial charge in [0.1, 0.15) is 6.04 Å². The number of hydrogen-bond acceptors (Lipinski definition) is 6. The Hall–Kier alpha value is -1.65. The lowest BCUT2D eigenvalue weighted by Crippen LogP contribution is -2.41. The van der Waals surface area contributed by atoms with E-state index in [2.05, 4.69) is 28.6 Å². The van der Waals surface area contributed by atoms with Gasteiger partial charge in [-0.1, -0.05) is 0 Å². The number of likely N-dealkylation sites (tertiary alicyclic amines) is 1. The Labute approximate surface area is 129 Å². The van der Waals surface area contributed by atoms with Gasteiger partial charge in [0.05, 0.1) is 18.3 Å². The van der Waals surface area contributed by atoms with Gasteiger partial charge in [-0.3, -0.25) is 4.79 Å². The van der Waals surface area contributed by atoms with E-state index < -0.39 is 0 Å². The van der Waals surface area contributed by atoms with Crippen molar-refractivity contribution < 1.29 is 4.79 Å². The topological polar surface area (TPSA) is 81.1 Å². The second-order valence-electron chi connectivity index (χ2n) is 5.14. The second-order valence-corrected chi connectivity index (χ2v) is 6.34. The van der Waals surface area contributed by atoms with E-state index in [4.69, 9.17) is 5.26 Å². The molecule has 1 amide bonds. The van der Waals surface area contributed by atoms with E-state index in [-0.39, 0.29) is 18.5 Å². The molecule has 0 aromatic carbocycles. The van der Waals surface area contributed by atoms with Crippen LogP contribution in [0.1, 0.15) is 23.4 Å². The highest BCUT2D eigenvalue weighted by Gasteiger charge is 2.27. The first-order valence-electron chi connectivity index (χ1n) is 7.19. The molecule has 0 aliphatic carbocycles. The number of amides is 1. The predicted molar refractivity (Wildman–Crippen MR) is 83.3 cm³/mol. The molecule has 2 N–H and O–H groups in total. The average Bonchev–Trinajstić information content (AvgIpc) is 3.05. The van der Waals surface area contributed by atoms with Crippen molar-refractivity contribution in [2.75, 3.05) is 31.5 Å². The molecule has 2 heterocycles. The quantitative estimate of drug-likeness (QED) is 0.774. The summed E-state index contributed by atoms with van der Waals surface area (Å²) in [6, 6.07) is 1.95. The van der Waals surface area contributed by atoms with Gasteiger partial charge in [0.15, 0.2) is 5.13 Å². The summed E-state index contributed by atoms with van der Waals surface area (Å²) in [6.07, 6.45) is 1.72. The van der Waals surface area contributed by atoms with Crippen LogP contribution in [0.4, 0.5) is 5.13 Å². The summed E-state index contributed by atoms with van der Waals surface area (Å²) in [5.74, 6) is 0.0139. The first-order valence-corrected chi connectivity index (χ1v) is 8.01. The summed E-state index contributed by atoms with van der Waals surface area (Å²) in [4.78, 5) is 19.3. The van der Waals surface area contributed by atoms with Crippen LogP contribution in [0, 0.1) is 25.2 Å². The zero-order chi connectivity index (χ0) is 15.2. The molecule has 2 rings (SSSR count). The Bertz CT molecular complexity index is 516. The van der Waals surface area contributed by atoms with Crippen LogP contribution in [0.5, 0.6) is 0 Å². The normalized spacial score (nSPS) is 17.8. The fourth-order valence-corrected chi connectivity index (χ4v) is 3.14. The van der Waals surface area contributed by atoms with Crippen LogP contribution in [-0.2, 0) is 4.79 Å². The molecule has 0 bridgehead atoms. The van der Waals surface area contributed by atoms with Crippen molar-refractivity contribution in [3.8, 4) is 6.07 Å². The number of nitriles is 1. The monoisotopic (exact) mass is 307 g/mol. The van der Waals surface area contributed by atoms with Crippen LogP contribution in [0.2, 0.25) is 0 Å². The number of nitrogens with one attached hydrogen (secondary N) is 2. The minimum Gasteiger partial charge on any atom is -0.360 e. The molecule has 1 aromatic rings. The summed E-state index contributed by atoms with van der Waals surface area (Å²) in [6.45, 7) is 6.45. The minimum absolute atomic E-state index is 0.0139. The molecule has 1 aliphatic rings. The summed E-state index contributed by atoms with van der Waals surface area (Å²) < 4.78 is 0. The van der Waals surface area contributed by atoms with Gasteiger partial charge in [-0.2, -0.15) is 5.26 Å². The van der Waals surface area contributed by atoms with E-state index in [9.17, 15) is 4.79 Å². The Morgan fingerprint density at radius 1 is 1.52 bits per heavy atom. The molecule has 114 valence electrons. The first kappa shape index (κ1) is 15.7. The number of carbonyl (C=O) groups is 1. The summed E-state index contributed by atoms with van der Waals surface area (Å²) in [7, 11) is 0. The van der Waals surface area contributed by atoms with E-state index >= 15 is 0 Å². The molecule has 1 fully saturated rings. The molecule has 21 heavy (non-hydrogen) atoms. The van der Waals surface area contributed by atoms with Crippen molar-refractivity contribution in [1.29, 1.82) is 5.26 Å². The van der Waals surface area contributed by atoms with Gasteiger partial charge in [-0.25, -0.2) is 4.98 Å². The maximum atomic E-state index is 12.0. The van der Waals surface area contributed by atoms with Gasteiger partial charge in [-0.15, -0.1) is 11.3 Å². The van der Waals surface area contributed by atoms with Gasteiger partial charge >= 0.3 is 0 Å². The number of hydrogen-bond donors (Lipinski definition) is 2. The predicted octanol–water partition coefficient (Wildman–Crippen LogP) is 1.28. The third-order valence-corrected chi connectivity index (χ3v) is 4.64. The maximum absolute atomic E-state index is 12.0.